The lowest BCUT2D eigenvalue weighted by Gasteiger charge is -2.28. The maximum atomic E-state index is 14.1. The second-order valence-corrected chi connectivity index (χ2v) is 9.39. The molecule has 1 atom stereocenters. The van der Waals surface area contributed by atoms with Gasteiger partial charge in [-0.2, -0.15) is 0 Å². The summed E-state index contributed by atoms with van der Waals surface area (Å²) in [6.07, 6.45) is 0.353. The fraction of sp³-hybridized carbons (Fsp3) is 0.381. The number of carbonyl (C=O) groups excluding carboxylic acids is 1. The van der Waals surface area contributed by atoms with Gasteiger partial charge in [0.15, 0.2) is 16.4 Å². The number of ether oxygens (including phenoxy) is 1. The van der Waals surface area contributed by atoms with Gasteiger partial charge in [0.2, 0.25) is 0 Å². The van der Waals surface area contributed by atoms with Gasteiger partial charge in [0.05, 0.1) is 11.5 Å². The average Bonchev–Trinajstić information content (AvgIpc) is 3.01. The molecule has 1 aliphatic rings. The first kappa shape index (κ1) is 20.3. The van der Waals surface area contributed by atoms with Crippen LogP contribution in [-0.2, 0) is 21.2 Å². The zero-order chi connectivity index (χ0) is 20.3. The zero-order valence-corrected chi connectivity index (χ0v) is 16.8. The molecule has 0 N–H and O–H groups in total. The Morgan fingerprint density at radius 3 is 2.61 bits per heavy atom. The minimum absolute atomic E-state index is 0.0157. The van der Waals surface area contributed by atoms with Crippen LogP contribution in [0.2, 0.25) is 0 Å². The zero-order valence-electron chi connectivity index (χ0n) is 16.0. The molecule has 0 aromatic heterocycles. The molecule has 0 spiro atoms. The SMILES string of the molecule is Cc1cccc(OCC(=O)N(Cc2ccccc2F)[C@@H]2CCS(=O)(=O)C2)c1C. The first-order valence-electron chi connectivity index (χ1n) is 9.19. The van der Waals surface area contributed by atoms with Gasteiger partial charge in [-0.25, -0.2) is 12.8 Å². The van der Waals surface area contributed by atoms with Crippen LogP contribution < -0.4 is 4.74 Å². The van der Waals surface area contributed by atoms with Crippen molar-refractivity contribution in [2.75, 3.05) is 18.1 Å². The molecule has 0 unspecified atom stereocenters. The Balaban J connectivity index is 1.78. The molecule has 0 aliphatic carbocycles. The summed E-state index contributed by atoms with van der Waals surface area (Å²) in [5, 5.41) is 0. The van der Waals surface area contributed by atoms with Crippen molar-refractivity contribution in [3.8, 4) is 5.75 Å². The van der Waals surface area contributed by atoms with Crippen LogP contribution in [-0.4, -0.2) is 43.4 Å². The van der Waals surface area contributed by atoms with E-state index in [-0.39, 0.29) is 30.6 Å². The fourth-order valence-corrected chi connectivity index (χ4v) is 5.09. The normalized spacial score (nSPS) is 18.0. The predicted octanol–water partition coefficient (Wildman–Crippen LogP) is 3.04. The van der Waals surface area contributed by atoms with Gasteiger partial charge in [-0.1, -0.05) is 30.3 Å². The minimum Gasteiger partial charge on any atom is -0.483 e. The molecule has 1 amide bonds. The van der Waals surface area contributed by atoms with E-state index in [4.69, 9.17) is 4.74 Å². The third-order valence-corrected chi connectivity index (χ3v) is 6.92. The van der Waals surface area contributed by atoms with E-state index >= 15 is 0 Å². The molecule has 150 valence electrons. The summed E-state index contributed by atoms with van der Waals surface area (Å²) < 4.78 is 43.6. The van der Waals surface area contributed by atoms with Crippen molar-refractivity contribution in [1.29, 1.82) is 0 Å². The molecule has 0 bridgehead atoms. The molecule has 3 rings (SSSR count). The molecule has 1 fully saturated rings. The Hall–Kier alpha value is -2.41. The Morgan fingerprint density at radius 2 is 1.93 bits per heavy atom. The summed E-state index contributed by atoms with van der Waals surface area (Å²) in [5.41, 5.74) is 2.35. The molecule has 2 aromatic rings. The number of hydrogen-bond donors (Lipinski definition) is 0. The highest BCUT2D eigenvalue weighted by molar-refractivity contribution is 7.91. The molecule has 1 aliphatic heterocycles. The minimum atomic E-state index is -3.18. The third kappa shape index (κ3) is 4.70. The van der Waals surface area contributed by atoms with E-state index in [2.05, 4.69) is 0 Å². The van der Waals surface area contributed by atoms with E-state index in [1.165, 1.54) is 11.0 Å². The topological polar surface area (TPSA) is 63.7 Å². The second-order valence-electron chi connectivity index (χ2n) is 7.16. The third-order valence-electron chi connectivity index (χ3n) is 5.17. The number of carbonyl (C=O) groups is 1. The van der Waals surface area contributed by atoms with Crippen LogP contribution in [0, 0.1) is 19.7 Å². The van der Waals surface area contributed by atoms with Crippen LogP contribution >= 0.6 is 0 Å². The Morgan fingerprint density at radius 1 is 1.18 bits per heavy atom. The van der Waals surface area contributed by atoms with Gasteiger partial charge >= 0.3 is 0 Å². The van der Waals surface area contributed by atoms with Gasteiger partial charge in [0.25, 0.3) is 5.91 Å². The molecule has 0 saturated carbocycles. The van der Waals surface area contributed by atoms with E-state index < -0.39 is 21.7 Å². The molecular formula is C21H24FNO4S. The van der Waals surface area contributed by atoms with E-state index in [1.807, 2.05) is 26.0 Å². The van der Waals surface area contributed by atoms with Crippen molar-refractivity contribution in [3.05, 3.63) is 65.0 Å². The summed E-state index contributed by atoms with van der Waals surface area (Å²) in [7, 11) is -3.18. The van der Waals surface area contributed by atoms with Crippen molar-refractivity contribution < 1.29 is 22.3 Å². The summed E-state index contributed by atoms with van der Waals surface area (Å²) in [5.74, 6) is -0.228. The van der Waals surface area contributed by atoms with Gasteiger partial charge in [-0.05, 0) is 43.5 Å². The van der Waals surface area contributed by atoms with Crippen LogP contribution in [0.5, 0.6) is 5.75 Å². The number of benzene rings is 2. The van der Waals surface area contributed by atoms with Crippen LogP contribution in [0.1, 0.15) is 23.1 Å². The summed E-state index contributed by atoms with van der Waals surface area (Å²) in [6.45, 7) is 3.66. The lowest BCUT2D eigenvalue weighted by atomic mass is 10.1. The summed E-state index contributed by atoms with van der Waals surface area (Å²) in [4.78, 5) is 14.3. The van der Waals surface area contributed by atoms with Gasteiger partial charge in [-0.3, -0.25) is 4.79 Å². The number of rotatable bonds is 6. The second kappa shape index (κ2) is 8.31. The van der Waals surface area contributed by atoms with E-state index in [0.29, 0.717) is 17.7 Å². The fourth-order valence-electron chi connectivity index (χ4n) is 3.36. The predicted molar refractivity (Wildman–Crippen MR) is 105 cm³/mol. The van der Waals surface area contributed by atoms with Crippen molar-refractivity contribution in [1.82, 2.24) is 4.90 Å². The highest BCUT2D eigenvalue weighted by Crippen LogP contribution is 2.23. The molecule has 0 radical (unpaired) electrons. The first-order chi connectivity index (χ1) is 13.3. The Kier molecular flexibility index (Phi) is 6.03. The highest BCUT2D eigenvalue weighted by atomic mass is 32.2. The number of amides is 1. The smallest absolute Gasteiger partial charge is 0.261 e. The Labute approximate surface area is 165 Å². The van der Waals surface area contributed by atoms with Gasteiger partial charge in [0.1, 0.15) is 11.6 Å². The lowest BCUT2D eigenvalue weighted by Crippen LogP contribution is -2.43. The average molecular weight is 405 g/mol. The van der Waals surface area contributed by atoms with E-state index in [9.17, 15) is 17.6 Å². The maximum Gasteiger partial charge on any atom is 0.261 e. The molecule has 1 saturated heterocycles. The van der Waals surface area contributed by atoms with Gasteiger partial charge in [0, 0.05) is 18.2 Å². The van der Waals surface area contributed by atoms with Gasteiger partial charge < -0.3 is 9.64 Å². The molecule has 2 aromatic carbocycles. The summed E-state index contributed by atoms with van der Waals surface area (Å²) in [6, 6.07) is 11.3. The van der Waals surface area contributed by atoms with E-state index in [1.54, 1.807) is 24.3 Å². The Bertz CT molecular complexity index is 974. The molecule has 7 heteroatoms. The lowest BCUT2D eigenvalue weighted by molar-refractivity contribution is -0.136. The van der Waals surface area contributed by atoms with Crippen LogP contribution in [0.4, 0.5) is 4.39 Å². The number of halogens is 1. The number of sulfone groups is 1. The molecule has 28 heavy (non-hydrogen) atoms. The monoisotopic (exact) mass is 405 g/mol. The van der Waals surface area contributed by atoms with Crippen molar-refractivity contribution >= 4 is 15.7 Å². The number of nitrogens with zero attached hydrogens (tertiary/aromatic N) is 1. The standard InChI is InChI=1S/C21H24FNO4S/c1-15-6-5-9-20(16(15)2)27-13-21(24)23(18-10-11-28(25,26)14-18)12-17-7-3-4-8-19(17)22/h3-9,18H,10-14H2,1-2H3/t18-/m1/s1. The van der Waals surface area contributed by atoms with Crippen LogP contribution in [0.3, 0.4) is 0 Å². The van der Waals surface area contributed by atoms with Crippen LogP contribution in [0.25, 0.3) is 0 Å². The highest BCUT2D eigenvalue weighted by Gasteiger charge is 2.35. The van der Waals surface area contributed by atoms with Crippen molar-refractivity contribution in [3.63, 3.8) is 0 Å². The quantitative estimate of drug-likeness (QED) is 0.741. The number of hydrogen-bond acceptors (Lipinski definition) is 4. The molecular weight excluding hydrogens is 381 g/mol. The summed E-state index contributed by atoms with van der Waals surface area (Å²) >= 11 is 0. The van der Waals surface area contributed by atoms with Crippen LogP contribution in [0.15, 0.2) is 42.5 Å². The van der Waals surface area contributed by atoms with Gasteiger partial charge in [-0.15, -0.1) is 0 Å². The van der Waals surface area contributed by atoms with Crippen molar-refractivity contribution in [2.24, 2.45) is 0 Å². The van der Waals surface area contributed by atoms with Crippen molar-refractivity contribution in [2.45, 2.75) is 32.9 Å². The molecule has 1 heterocycles. The van der Waals surface area contributed by atoms with E-state index in [0.717, 1.165) is 11.1 Å². The number of aryl methyl sites for hydroxylation is 1. The largest absolute Gasteiger partial charge is 0.483 e. The molecule has 5 nitrogen and oxygen atoms in total. The maximum absolute atomic E-state index is 14.1. The first-order valence-corrected chi connectivity index (χ1v) is 11.0.